The van der Waals surface area contributed by atoms with E-state index >= 15 is 0 Å². The third kappa shape index (κ3) is 4.70. The number of carboxylic acid groups (broad SMARTS) is 1. The van der Waals surface area contributed by atoms with Gasteiger partial charge in [0.15, 0.2) is 0 Å². The summed E-state index contributed by atoms with van der Waals surface area (Å²) in [5, 5.41) is 8.92. The number of sulfonamides is 1. The molecule has 0 spiro atoms. The molecular weight excluding hydrogens is 347 g/mol. The number of aliphatic carboxylic acids is 1. The fourth-order valence-corrected chi connectivity index (χ4v) is 3.93. The molecule has 1 aromatic carbocycles. The smallest absolute Gasteiger partial charge is 0.416 e. The number of nitrogens with one attached hydrogen (secondary N) is 1. The van der Waals surface area contributed by atoms with Gasteiger partial charge >= 0.3 is 12.1 Å². The lowest BCUT2D eigenvalue weighted by molar-refractivity contribution is -0.143. The van der Waals surface area contributed by atoms with Crippen LogP contribution in [0.4, 0.5) is 13.2 Å². The monoisotopic (exact) mass is 365 g/mol. The lowest BCUT2D eigenvalue weighted by Crippen LogP contribution is -2.32. The Balaban J connectivity index is 1.99. The molecule has 9 heteroatoms. The molecule has 0 radical (unpaired) electrons. The highest BCUT2D eigenvalue weighted by atomic mass is 32.2. The van der Waals surface area contributed by atoms with Crippen LogP contribution in [0.3, 0.4) is 0 Å². The maximum atomic E-state index is 12.7. The van der Waals surface area contributed by atoms with Crippen molar-refractivity contribution in [3.05, 3.63) is 29.8 Å². The molecule has 0 atom stereocenters. The van der Waals surface area contributed by atoms with Gasteiger partial charge in [0.2, 0.25) is 10.0 Å². The van der Waals surface area contributed by atoms with Crippen LogP contribution in [-0.4, -0.2) is 26.0 Å². The van der Waals surface area contributed by atoms with Crippen molar-refractivity contribution < 1.29 is 31.5 Å². The molecule has 0 saturated heterocycles. The second-order valence-electron chi connectivity index (χ2n) is 5.93. The molecule has 0 aliphatic heterocycles. The number of benzene rings is 1. The zero-order chi connectivity index (χ0) is 18.0. The lowest BCUT2D eigenvalue weighted by atomic mass is 9.82. The number of hydrogen-bond acceptors (Lipinski definition) is 3. The van der Waals surface area contributed by atoms with Gasteiger partial charge in [-0.25, -0.2) is 13.1 Å². The molecule has 0 aromatic heterocycles. The Kier molecular flexibility index (Phi) is 5.54. The molecule has 1 fully saturated rings. The van der Waals surface area contributed by atoms with Gasteiger partial charge in [-0.2, -0.15) is 13.2 Å². The maximum Gasteiger partial charge on any atom is 0.416 e. The number of halogens is 3. The van der Waals surface area contributed by atoms with Crippen molar-refractivity contribution in [1.29, 1.82) is 0 Å². The van der Waals surface area contributed by atoms with E-state index in [0.717, 1.165) is 18.2 Å². The minimum absolute atomic E-state index is 0.0128. The van der Waals surface area contributed by atoms with E-state index in [0.29, 0.717) is 31.7 Å². The zero-order valence-electron chi connectivity index (χ0n) is 12.7. The lowest BCUT2D eigenvalue weighted by Gasteiger charge is -2.26. The van der Waals surface area contributed by atoms with E-state index in [4.69, 9.17) is 5.11 Å². The van der Waals surface area contributed by atoms with Crippen LogP contribution in [0.15, 0.2) is 29.2 Å². The normalized spacial score (nSPS) is 22.3. The van der Waals surface area contributed by atoms with E-state index in [1.54, 1.807) is 0 Å². The Labute approximate surface area is 137 Å². The Bertz CT molecular complexity index is 695. The Hall–Kier alpha value is -1.61. The van der Waals surface area contributed by atoms with Crippen molar-refractivity contribution in [1.82, 2.24) is 4.72 Å². The summed E-state index contributed by atoms with van der Waals surface area (Å²) in [7, 11) is -4.04. The summed E-state index contributed by atoms with van der Waals surface area (Å²) in [6.45, 7) is 0.0882. The molecule has 0 amide bonds. The molecule has 0 unspecified atom stereocenters. The van der Waals surface area contributed by atoms with Crippen molar-refractivity contribution in [3.63, 3.8) is 0 Å². The zero-order valence-corrected chi connectivity index (χ0v) is 13.5. The Morgan fingerprint density at radius 2 is 1.83 bits per heavy atom. The van der Waals surface area contributed by atoms with Gasteiger partial charge in [-0.05, 0) is 49.8 Å². The number of alkyl halides is 3. The Morgan fingerprint density at radius 3 is 2.38 bits per heavy atom. The summed E-state index contributed by atoms with van der Waals surface area (Å²) in [5.41, 5.74) is -1.02. The van der Waals surface area contributed by atoms with Gasteiger partial charge in [0.05, 0.1) is 16.4 Å². The van der Waals surface area contributed by atoms with Crippen LogP contribution in [0.1, 0.15) is 31.2 Å². The summed E-state index contributed by atoms with van der Waals surface area (Å²) < 4.78 is 64.6. The largest absolute Gasteiger partial charge is 0.481 e. The van der Waals surface area contributed by atoms with Gasteiger partial charge in [-0.15, -0.1) is 0 Å². The van der Waals surface area contributed by atoms with Gasteiger partial charge in [0.1, 0.15) is 0 Å². The number of carbonyl (C=O) groups is 1. The summed E-state index contributed by atoms with van der Waals surface area (Å²) in [6.07, 6.45) is -2.51. The topological polar surface area (TPSA) is 83.5 Å². The first-order chi connectivity index (χ1) is 11.1. The number of rotatable bonds is 5. The van der Waals surface area contributed by atoms with Crippen molar-refractivity contribution in [2.45, 2.75) is 36.8 Å². The quantitative estimate of drug-likeness (QED) is 0.840. The van der Waals surface area contributed by atoms with E-state index in [2.05, 4.69) is 4.72 Å². The third-order valence-corrected chi connectivity index (χ3v) is 5.65. The maximum absolute atomic E-state index is 12.7. The number of carboxylic acids is 1. The van der Waals surface area contributed by atoms with E-state index in [1.807, 2.05) is 0 Å². The summed E-state index contributed by atoms with van der Waals surface area (Å²) in [6, 6.07) is 3.57. The van der Waals surface area contributed by atoms with Crippen LogP contribution in [0.2, 0.25) is 0 Å². The molecule has 24 heavy (non-hydrogen) atoms. The predicted octanol–water partition coefficient (Wildman–Crippen LogP) is 2.87. The van der Waals surface area contributed by atoms with Gasteiger partial charge in [0.25, 0.3) is 0 Å². The molecule has 0 heterocycles. The molecule has 5 nitrogen and oxygen atoms in total. The van der Waals surface area contributed by atoms with Crippen molar-refractivity contribution in [3.8, 4) is 0 Å². The van der Waals surface area contributed by atoms with E-state index in [9.17, 15) is 26.4 Å². The van der Waals surface area contributed by atoms with Crippen LogP contribution in [0.5, 0.6) is 0 Å². The highest BCUT2D eigenvalue weighted by molar-refractivity contribution is 7.89. The summed E-state index contributed by atoms with van der Waals surface area (Å²) >= 11 is 0. The summed E-state index contributed by atoms with van der Waals surface area (Å²) in [4.78, 5) is 10.4. The molecule has 2 rings (SSSR count). The van der Waals surface area contributed by atoms with E-state index < -0.39 is 38.5 Å². The highest BCUT2D eigenvalue weighted by Crippen LogP contribution is 2.31. The fraction of sp³-hybridized carbons (Fsp3) is 0.533. The number of hydrogen-bond donors (Lipinski definition) is 2. The van der Waals surface area contributed by atoms with Crippen LogP contribution in [0, 0.1) is 11.8 Å². The summed E-state index contributed by atoms with van der Waals surface area (Å²) in [5.74, 6) is -1.26. The minimum Gasteiger partial charge on any atom is -0.481 e. The highest BCUT2D eigenvalue weighted by Gasteiger charge is 2.32. The molecule has 1 saturated carbocycles. The molecule has 1 aliphatic rings. The second-order valence-corrected chi connectivity index (χ2v) is 7.70. The molecule has 134 valence electrons. The van der Waals surface area contributed by atoms with E-state index in [1.165, 1.54) is 0 Å². The van der Waals surface area contributed by atoms with Gasteiger partial charge in [-0.3, -0.25) is 4.79 Å². The minimum atomic E-state index is -4.61. The molecule has 0 bridgehead atoms. The van der Waals surface area contributed by atoms with E-state index in [-0.39, 0.29) is 12.5 Å². The van der Waals surface area contributed by atoms with Crippen molar-refractivity contribution >= 4 is 16.0 Å². The molecule has 1 aromatic rings. The predicted molar refractivity (Wildman–Crippen MR) is 79.7 cm³/mol. The SMILES string of the molecule is O=C(O)C1CCC(CNS(=O)(=O)c2cccc(C(F)(F)F)c2)CC1. The second kappa shape index (κ2) is 7.10. The van der Waals surface area contributed by atoms with Gasteiger partial charge < -0.3 is 5.11 Å². The Morgan fingerprint density at radius 1 is 1.21 bits per heavy atom. The third-order valence-electron chi connectivity index (χ3n) is 4.23. The van der Waals surface area contributed by atoms with Gasteiger partial charge in [-0.1, -0.05) is 6.07 Å². The first kappa shape index (κ1) is 18.7. The molecular formula is C15H18F3NO4S. The average Bonchev–Trinajstić information content (AvgIpc) is 2.53. The standard InChI is InChI=1S/C15H18F3NO4S/c16-15(17,18)12-2-1-3-13(8-12)24(22,23)19-9-10-4-6-11(7-5-10)14(20)21/h1-3,8,10-11,19H,4-7,9H2,(H,20,21). The molecule has 2 N–H and O–H groups in total. The van der Waals surface area contributed by atoms with Crippen molar-refractivity contribution in [2.75, 3.05) is 6.54 Å². The van der Waals surface area contributed by atoms with Crippen LogP contribution in [-0.2, 0) is 21.0 Å². The first-order valence-electron chi connectivity index (χ1n) is 7.49. The van der Waals surface area contributed by atoms with Crippen molar-refractivity contribution in [2.24, 2.45) is 11.8 Å². The van der Waals surface area contributed by atoms with Gasteiger partial charge in [0, 0.05) is 6.54 Å². The van der Waals surface area contributed by atoms with Crippen LogP contribution in [0.25, 0.3) is 0 Å². The first-order valence-corrected chi connectivity index (χ1v) is 8.97. The molecule has 1 aliphatic carbocycles. The van der Waals surface area contributed by atoms with Crippen LogP contribution >= 0.6 is 0 Å². The van der Waals surface area contributed by atoms with Crippen LogP contribution < -0.4 is 4.72 Å². The average molecular weight is 365 g/mol. The fourth-order valence-electron chi connectivity index (χ4n) is 2.76.